The van der Waals surface area contributed by atoms with Crippen molar-refractivity contribution >= 4 is 0 Å². The highest BCUT2D eigenvalue weighted by molar-refractivity contribution is 4.51. The highest BCUT2D eigenvalue weighted by Gasteiger charge is 2.28. The van der Waals surface area contributed by atoms with Gasteiger partial charge in [0.2, 0.25) is 0 Å². The van der Waals surface area contributed by atoms with Crippen molar-refractivity contribution in [2.75, 3.05) is 0 Å². The summed E-state index contributed by atoms with van der Waals surface area (Å²) in [7, 11) is 0. The first kappa shape index (κ1) is 6.82. The Morgan fingerprint density at radius 2 is 1.57 bits per heavy atom. The van der Waals surface area contributed by atoms with Crippen molar-refractivity contribution in [2.24, 2.45) is 5.92 Å². The molecule has 0 aromatic rings. The van der Waals surface area contributed by atoms with Crippen LogP contribution in [0, 0.1) is 5.92 Å². The standard InChI is InChI=1S/C4H8F2O/c1-3(2)4(5,6)7/h3,7H,1-2H3. The molecule has 0 fully saturated rings. The molecule has 0 saturated heterocycles. The normalized spacial score (nSPS) is 12.9. The highest BCUT2D eigenvalue weighted by atomic mass is 19.3. The van der Waals surface area contributed by atoms with Crippen molar-refractivity contribution in [1.29, 1.82) is 0 Å². The quantitative estimate of drug-likeness (QED) is 0.538. The molecule has 0 aromatic carbocycles. The van der Waals surface area contributed by atoms with Gasteiger partial charge >= 0.3 is 6.11 Å². The van der Waals surface area contributed by atoms with Crippen LogP contribution in [-0.4, -0.2) is 11.2 Å². The molecule has 44 valence electrons. The molecule has 0 spiro atoms. The van der Waals surface area contributed by atoms with Gasteiger partial charge in [-0.15, -0.1) is 0 Å². The average molecular weight is 110 g/mol. The Balaban J connectivity index is 3.54. The Hall–Kier alpha value is -0.180. The second-order valence-electron chi connectivity index (χ2n) is 1.74. The molecule has 0 radical (unpaired) electrons. The molecule has 0 heterocycles. The van der Waals surface area contributed by atoms with Crippen LogP contribution in [0.3, 0.4) is 0 Å². The minimum atomic E-state index is -3.50. The minimum absolute atomic E-state index is 0.979. The zero-order chi connectivity index (χ0) is 6.08. The molecule has 3 heteroatoms. The number of aliphatic hydroxyl groups is 1. The smallest absolute Gasteiger partial charge is 0.336 e. The number of alkyl halides is 2. The molecule has 0 aliphatic heterocycles. The van der Waals surface area contributed by atoms with E-state index in [4.69, 9.17) is 5.11 Å². The Morgan fingerprint density at radius 3 is 1.57 bits per heavy atom. The van der Waals surface area contributed by atoms with Gasteiger partial charge in [-0.1, -0.05) is 13.8 Å². The van der Waals surface area contributed by atoms with E-state index in [2.05, 4.69) is 0 Å². The van der Waals surface area contributed by atoms with Crippen LogP contribution < -0.4 is 0 Å². The predicted molar refractivity (Wildman–Crippen MR) is 22.0 cm³/mol. The number of halogens is 2. The first-order valence-electron chi connectivity index (χ1n) is 2.04. The number of hydrogen-bond acceptors (Lipinski definition) is 1. The summed E-state index contributed by atoms with van der Waals surface area (Å²) in [5, 5.41) is 7.76. The highest BCUT2D eigenvalue weighted by Crippen LogP contribution is 2.18. The molecule has 0 aromatic heterocycles. The van der Waals surface area contributed by atoms with E-state index in [9.17, 15) is 8.78 Å². The second kappa shape index (κ2) is 1.74. The zero-order valence-electron chi connectivity index (χ0n) is 4.28. The second-order valence-corrected chi connectivity index (χ2v) is 1.74. The largest absolute Gasteiger partial charge is 0.355 e. The number of hydrogen-bond donors (Lipinski definition) is 1. The van der Waals surface area contributed by atoms with Gasteiger partial charge in [0.15, 0.2) is 0 Å². The third kappa shape index (κ3) is 2.51. The van der Waals surface area contributed by atoms with Crippen LogP contribution in [-0.2, 0) is 0 Å². The molecule has 7 heavy (non-hydrogen) atoms. The molecule has 0 aliphatic carbocycles. The fourth-order valence-corrected chi connectivity index (χ4v) is 0. The van der Waals surface area contributed by atoms with E-state index < -0.39 is 12.0 Å². The lowest BCUT2D eigenvalue weighted by molar-refractivity contribution is -0.229. The lowest BCUT2D eigenvalue weighted by Gasteiger charge is -2.10. The van der Waals surface area contributed by atoms with Crippen molar-refractivity contribution < 1.29 is 13.9 Å². The summed E-state index contributed by atoms with van der Waals surface area (Å²) < 4.78 is 22.8. The summed E-state index contributed by atoms with van der Waals surface area (Å²) in [5.41, 5.74) is 0. The van der Waals surface area contributed by atoms with Crippen LogP contribution in [0.1, 0.15) is 13.8 Å². The monoisotopic (exact) mass is 110 g/mol. The minimum Gasteiger partial charge on any atom is -0.336 e. The van der Waals surface area contributed by atoms with Gasteiger partial charge in [-0.2, -0.15) is 8.78 Å². The van der Waals surface area contributed by atoms with Gasteiger partial charge in [-0.25, -0.2) is 0 Å². The molecule has 0 atom stereocenters. The Bertz CT molecular complexity index is 55.2. The van der Waals surface area contributed by atoms with Gasteiger partial charge in [-0.3, -0.25) is 0 Å². The Kier molecular flexibility index (Phi) is 1.69. The predicted octanol–water partition coefficient (Wildman–Crippen LogP) is 1.23. The topological polar surface area (TPSA) is 20.2 Å². The van der Waals surface area contributed by atoms with Crippen molar-refractivity contribution in [1.82, 2.24) is 0 Å². The van der Waals surface area contributed by atoms with Crippen LogP contribution in [0.5, 0.6) is 0 Å². The van der Waals surface area contributed by atoms with Gasteiger partial charge in [-0.05, 0) is 0 Å². The molecular weight excluding hydrogens is 102 g/mol. The fraction of sp³-hybridized carbons (Fsp3) is 1.00. The van der Waals surface area contributed by atoms with Crippen LogP contribution in [0.2, 0.25) is 0 Å². The third-order valence-electron chi connectivity index (χ3n) is 0.695. The Labute approximate surface area is 41.0 Å². The first-order valence-corrected chi connectivity index (χ1v) is 2.04. The maximum absolute atomic E-state index is 11.4. The van der Waals surface area contributed by atoms with E-state index in [0.29, 0.717) is 0 Å². The lowest BCUT2D eigenvalue weighted by atomic mass is 10.2. The summed E-state index contributed by atoms with van der Waals surface area (Å²) >= 11 is 0. The third-order valence-corrected chi connectivity index (χ3v) is 0.695. The summed E-state index contributed by atoms with van der Waals surface area (Å²) in [5.74, 6) is -0.979. The van der Waals surface area contributed by atoms with Crippen LogP contribution >= 0.6 is 0 Å². The van der Waals surface area contributed by atoms with Crippen molar-refractivity contribution in [3.8, 4) is 0 Å². The molecule has 0 saturated carbocycles. The lowest BCUT2D eigenvalue weighted by Crippen LogP contribution is -2.21. The van der Waals surface area contributed by atoms with Gasteiger partial charge < -0.3 is 5.11 Å². The molecule has 0 aliphatic rings. The van der Waals surface area contributed by atoms with Crippen LogP contribution in [0.25, 0.3) is 0 Å². The van der Waals surface area contributed by atoms with E-state index in [0.717, 1.165) is 0 Å². The first-order chi connectivity index (χ1) is 2.94. The summed E-state index contributed by atoms with van der Waals surface area (Å²) in [4.78, 5) is 0. The number of rotatable bonds is 1. The summed E-state index contributed by atoms with van der Waals surface area (Å²) in [6, 6.07) is 0. The maximum atomic E-state index is 11.4. The van der Waals surface area contributed by atoms with Crippen molar-refractivity contribution in [3.05, 3.63) is 0 Å². The molecule has 1 N–H and O–H groups in total. The van der Waals surface area contributed by atoms with E-state index in [1.807, 2.05) is 0 Å². The molecule has 1 nitrogen and oxygen atoms in total. The summed E-state index contributed by atoms with van der Waals surface area (Å²) in [6.45, 7) is 2.50. The maximum Gasteiger partial charge on any atom is 0.355 e. The van der Waals surface area contributed by atoms with Crippen molar-refractivity contribution in [3.63, 3.8) is 0 Å². The molecule has 0 amide bonds. The van der Waals surface area contributed by atoms with Crippen molar-refractivity contribution in [2.45, 2.75) is 20.0 Å². The van der Waals surface area contributed by atoms with Gasteiger partial charge in [0.1, 0.15) is 0 Å². The SMILES string of the molecule is CC(C)C(O)(F)F. The zero-order valence-corrected chi connectivity index (χ0v) is 4.28. The van der Waals surface area contributed by atoms with E-state index in [-0.39, 0.29) is 0 Å². The summed E-state index contributed by atoms with van der Waals surface area (Å²) in [6.07, 6.45) is -3.50. The van der Waals surface area contributed by atoms with Gasteiger partial charge in [0.05, 0.1) is 0 Å². The van der Waals surface area contributed by atoms with Crippen LogP contribution in [0.15, 0.2) is 0 Å². The molecule has 0 rings (SSSR count). The van der Waals surface area contributed by atoms with Gasteiger partial charge in [0.25, 0.3) is 0 Å². The van der Waals surface area contributed by atoms with Crippen LogP contribution in [0.4, 0.5) is 8.78 Å². The average Bonchev–Trinajstić information content (AvgIpc) is 1.31. The molecule has 0 bridgehead atoms. The van der Waals surface area contributed by atoms with E-state index >= 15 is 0 Å². The molecule has 0 unspecified atom stereocenters. The van der Waals surface area contributed by atoms with Gasteiger partial charge in [0, 0.05) is 5.92 Å². The molecular formula is C4H8F2O. The van der Waals surface area contributed by atoms with E-state index in [1.54, 1.807) is 0 Å². The van der Waals surface area contributed by atoms with E-state index in [1.165, 1.54) is 13.8 Å². The fourth-order valence-electron chi connectivity index (χ4n) is 0. The Morgan fingerprint density at radius 1 is 1.43 bits per heavy atom.